The highest BCUT2D eigenvalue weighted by Crippen LogP contribution is 2.26. The average molecular weight is 528 g/mol. The van der Waals surface area contributed by atoms with Crippen molar-refractivity contribution in [3.63, 3.8) is 0 Å². The molecule has 0 saturated carbocycles. The zero-order valence-corrected chi connectivity index (χ0v) is 22.4. The first kappa shape index (κ1) is 24.7. The Hall–Kier alpha value is -3.58. The van der Waals surface area contributed by atoms with Gasteiger partial charge in [-0.25, -0.2) is 0 Å². The van der Waals surface area contributed by atoms with Crippen molar-refractivity contribution < 1.29 is 0 Å². The van der Waals surface area contributed by atoms with E-state index < -0.39 is 0 Å². The molecule has 2 aromatic heterocycles. The SMILES string of the molecule is Clc1ccccc1Cn1cc(/C=N\Nc2cc(N3CCCCC3)nc(N3CCCCC3)n2)c2ccccc21. The van der Waals surface area contributed by atoms with E-state index in [-0.39, 0.29) is 0 Å². The summed E-state index contributed by atoms with van der Waals surface area (Å²) in [7, 11) is 0. The van der Waals surface area contributed by atoms with Gasteiger partial charge in [0, 0.05) is 66.5 Å². The van der Waals surface area contributed by atoms with Crippen LogP contribution >= 0.6 is 11.6 Å². The third kappa shape index (κ3) is 5.48. The minimum absolute atomic E-state index is 0.700. The topological polar surface area (TPSA) is 61.6 Å². The highest BCUT2D eigenvalue weighted by Gasteiger charge is 2.19. The lowest BCUT2D eigenvalue weighted by Gasteiger charge is -2.31. The van der Waals surface area contributed by atoms with Crippen LogP contribution in [0.1, 0.15) is 49.7 Å². The maximum absolute atomic E-state index is 6.45. The Balaban J connectivity index is 1.26. The van der Waals surface area contributed by atoms with E-state index in [0.29, 0.717) is 6.54 Å². The van der Waals surface area contributed by atoms with Gasteiger partial charge in [-0.15, -0.1) is 0 Å². The van der Waals surface area contributed by atoms with Gasteiger partial charge in [0.2, 0.25) is 5.95 Å². The number of aromatic nitrogens is 3. The third-order valence-corrected chi connectivity index (χ3v) is 7.89. The summed E-state index contributed by atoms with van der Waals surface area (Å²) in [5.74, 6) is 2.54. The summed E-state index contributed by atoms with van der Waals surface area (Å²) < 4.78 is 2.23. The Morgan fingerprint density at radius 1 is 0.842 bits per heavy atom. The number of anilines is 3. The second kappa shape index (κ2) is 11.4. The molecule has 4 aromatic rings. The van der Waals surface area contributed by atoms with Crippen molar-refractivity contribution in [2.75, 3.05) is 41.4 Å². The van der Waals surface area contributed by atoms with Crippen LogP contribution < -0.4 is 15.2 Å². The predicted molar refractivity (Wildman–Crippen MR) is 158 cm³/mol. The van der Waals surface area contributed by atoms with E-state index in [9.17, 15) is 0 Å². The van der Waals surface area contributed by atoms with Crippen molar-refractivity contribution in [3.05, 3.63) is 76.9 Å². The van der Waals surface area contributed by atoms with Crippen molar-refractivity contribution in [3.8, 4) is 0 Å². The maximum Gasteiger partial charge on any atom is 0.229 e. The molecule has 6 rings (SSSR count). The van der Waals surface area contributed by atoms with Crippen LogP contribution in [-0.2, 0) is 6.54 Å². The molecule has 1 N–H and O–H groups in total. The fraction of sp³-hybridized carbons (Fsp3) is 0.367. The van der Waals surface area contributed by atoms with E-state index in [1.807, 2.05) is 30.5 Å². The molecule has 0 spiro atoms. The number of nitrogens with one attached hydrogen (secondary N) is 1. The molecule has 2 saturated heterocycles. The van der Waals surface area contributed by atoms with Gasteiger partial charge in [0.25, 0.3) is 0 Å². The number of para-hydroxylation sites is 1. The summed E-state index contributed by atoms with van der Waals surface area (Å²) in [5, 5.41) is 6.56. The van der Waals surface area contributed by atoms with E-state index in [0.717, 1.165) is 70.8 Å². The molecule has 196 valence electrons. The van der Waals surface area contributed by atoms with Gasteiger partial charge in [0.05, 0.1) is 6.21 Å². The summed E-state index contributed by atoms with van der Waals surface area (Å²) in [5.41, 5.74) is 6.50. The number of nitrogens with zero attached hydrogens (tertiary/aromatic N) is 6. The average Bonchev–Trinajstić information content (AvgIpc) is 3.32. The van der Waals surface area contributed by atoms with Gasteiger partial charge < -0.3 is 14.4 Å². The zero-order valence-electron chi connectivity index (χ0n) is 21.7. The fourth-order valence-electron chi connectivity index (χ4n) is 5.49. The quantitative estimate of drug-likeness (QED) is 0.218. The Labute approximate surface area is 229 Å². The van der Waals surface area contributed by atoms with E-state index >= 15 is 0 Å². The summed E-state index contributed by atoms with van der Waals surface area (Å²) in [4.78, 5) is 14.5. The molecule has 0 bridgehead atoms. The van der Waals surface area contributed by atoms with E-state index in [2.05, 4.69) is 61.4 Å². The van der Waals surface area contributed by atoms with Gasteiger partial charge in [0.15, 0.2) is 5.82 Å². The van der Waals surface area contributed by atoms with Gasteiger partial charge in [-0.2, -0.15) is 15.1 Å². The summed E-state index contributed by atoms with van der Waals surface area (Å²) in [6, 6.07) is 18.4. The minimum atomic E-state index is 0.700. The molecule has 0 atom stereocenters. The van der Waals surface area contributed by atoms with E-state index in [1.54, 1.807) is 0 Å². The predicted octanol–water partition coefficient (Wildman–Crippen LogP) is 6.56. The number of hydrogen-bond acceptors (Lipinski definition) is 6. The number of benzene rings is 2. The number of piperidine rings is 2. The summed E-state index contributed by atoms with van der Waals surface area (Å²) in [6.07, 6.45) is 11.4. The van der Waals surface area contributed by atoms with Crippen molar-refractivity contribution in [2.24, 2.45) is 5.10 Å². The van der Waals surface area contributed by atoms with Crippen LogP contribution in [0, 0.1) is 0 Å². The molecule has 2 fully saturated rings. The van der Waals surface area contributed by atoms with Crippen LogP contribution in [-0.4, -0.2) is 46.9 Å². The molecule has 4 heterocycles. The molecule has 0 unspecified atom stereocenters. The van der Waals surface area contributed by atoms with Gasteiger partial charge in [0.1, 0.15) is 5.82 Å². The van der Waals surface area contributed by atoms with E-state index in [4.69, 9.17) is 21.6 Å². The van der Waals surface area contributed by atoms with Gasteiger partial charge in [-0.3, -0.25) is 5.43 Å². The highest BCUT2D eigenvalue weighted by atomic mass is 35.5. The molecule has 38 heavy (non-hydrogen) atoms. The maximum atomic E-state index is 6.45. The van der Waals surface area contributed by atoms with Crippen molar-refractivity contribution in [2.45, 2.75) is 45.1 Å². The number of rotatable bonds is 7. The number of hydrogen-bond donors (Lipinski definition) is 1. The molecular formula is C30H34ClN7. The van der Waals surface area contributed by atoms with Crippen LogP contribution in [0.4, 0.5) is 17.6 Å². The number of fused-ring (bicyclic) bond motifs is 1. The molecule has 0 radical (unpaired) electrons. The lowest BCUT2D eigenvalue weighted by Crippen LogP contribution is -2.33. The van der Waals surface area contributed by atoms with Gasteiger partial charge in [-0.05, 0) is 56.2 Å². The van der Waals surface area contributed by atoms with Crippen LogP contribution in [0.3, 0.4) is 0 Å². The molecule has 0 aliphatic carbocycles. The van der Waals surface area contributed by atoms with E-state index in [1.165, 1.54) is 38.5 Å². The molecular weight excluding hydrogens is 494 g/mol. The first-order chi connectivity index (χ1) is 18.7. The van der Waals surface area contributed by atoms with Crippen LogP contribution in [0.2, 0.25) is 5.02 Å². The third-order valence-electron chi connectivity index (χ3n) is 7.52. The lowest BCUT2D eigenvalue weighted by molar-refractivity contribution is 0.561. The Bertz CT molecular complexity index is 1380. The van der Waals surface area contributed by atoms with Crippen molar-refractivity contribution in [1.82, 2.24) is 14.5 Å². The first-order valence-electron chi connectivity index (χ1n) is 13.7. The summed E-state index contributed by atoms with van der Waals surface area (Å²) >= 11 is 6.45. The zero-order chi connectivity index (χ0) is 25.7. The largest absolute Gasteiger partial charge is 0.356 e. The van der Waals surface area contributed by atoms with Gasteiger partial charge >= 0.3 is 0 Å². The monoisotopic (exact) mass is 527 g/mol. The standard InChI is InChI=1S/C30H34ClN7/c31-26-13-5-3-11-23(26)21-38-22-24(25-12-4-6-14-27(25)38)20-32-35-28-19-29(36-15-7-1-8-16-36)34-30(33-28)37-17-9-2-10-18-37/h3-6,11-14,19-20,22H,1-2,7-10,15-18,21H2,(H,33,34,35)/b32-20-. The molecule has 2 aliphatic rings. The second-order valence-electron chi connectivity index (χ2n) is 10.2. The highest BCUT2D eigenvalue weighted by molar-refractivity contribution is 6.31. The normalized spacial score (nSPS) is 16.4. The number of hydrazone groups is 1. The molecule has 8 heteroatoms. The number of halogens is 1. The van der Waals surface area contributed by atoms with Crippen LogP contribution in [0.5, 0.6) is 0 Å². The molecule has 2 aliphatic heterocycles. The minimum Gasteiger partial charge on any atom is -0.356 e. The summed E-state index contributed by atoms with van der Waals surface area (Å²) in [6.45, 7) is 4.81. The van der Waals surface area contributed by atoms with Crippen molar-refractivity contribution >= 4 is 46.3 Å². The molecule has 7 nitrogen and oxygen atoms in total. The van der Waals surface area contributed by atoms with Gasteiger partial charge in [-0.1, -0.05) is 48.0 Å². The van der Waals surface area contributed by atoms with Crippen LogP contribution in [0.15, 0.2) is 65.9 Å². The smallest absolute Gasteiger partial charge is 0.229 e. The fourth-order valence-corrected chi connectivity index (χ4v) is 5.68. The Morgan fingerprint density at radius 3 is 2.34 bits per heavy atom. The molecule has 0 amide bonds. The lowest BCUT2D eigenvalue weighted by atomic mass is 10.1. The van der Waals surface area contributed by atoms with Crippen molar-refractivity contribution in [1.29, 1.82) is 0 Å². The van der Waals surface area contributed by atoms with Crippen LogP contribution in [0.25, 0.3) is 10.9 Å². The first-order valence-corrected chi connectivity index (χ1v) is 14.1. The Kier molecular flexibility index (Phi) is 7.45. The Morgan fingerprint density at radius 2 is 1.55 bits per heavy atom. The molecule has 2 aromatic carbocycles. The second-order valence-corrected chi connectivity index (χ2v) is 10.6.